The quantitative estimate of drug-likeness (QED) is 0.584. The summed E-state index contributed by atoms with van der Waals surface area (Å²) in [7, 11) is 0. The molecule has 1 aromatic carbocycles. The van der Waals surface area contributed by atoms with Crippen LogP contribution in [-0.2, 0) is 16.4 Å². The van der Waals surface area contributed by atoms with Crippen molar-refractivity contribution in [1.29, 1.82) is 0 Å². The Morgan fingerprint density at radius 2 is 1.70 bits per heavy atom. The van der Waals surface area contributed by atoms with E-state index in [0.717, 1.165) is 57.8 Å². The van der Waals surface area contributed by atoms with Gasteiger partial charge in [0.25, 0.3) is 0 Å². The highest BCUT2D eigenvalue weighted by atomic mass is 19.4. The SMILES string of the molecule is CC(C)(C)c1ccc(N2CCN(CCC(=O)N3CCC[C@H](Nc4cncc(C(F)(F)F)c4)C3)CC2)cc1. The molecule has 0 radical (unpaired) electrons. The Bertz CT molecular complexity index is 1040. The highest BCUT2D eigenvalue weighted by molar-refractivity contribution is 5.76. The van der Waals surface area contributed by atoms with Crippen LogP contribution >= 0.6 is 0 Å². The highest BCUT2D eigenvalue weighted by Gasteiger charge is 2.31. The van der Waals surface area contributed by atoms with Crippen molar-refractivity contribution in [2.45, 2.75) is 57.7 Å². The van der Waals surface area contributed by atoms with Crippen LogP contribution in [0.15, 0.2) is 42.7 Å². The monoisotopic (exact) mass is 517 g/mol. The van der Waals surface area contributed by atoms with Crippen LogP contribution in [-0.4, -0.2) is 72.5 Å². The molecule has 0 spiro atoms. The normalized spacial score (nSPS) is 19.7. The average molecular weight is 518 g/mol. The lowest BCUT2D eigenvalue weighted by molar-refractivity contribution is -0.137. The number of amides is 1. The molecule has 2 aliphatic rings. The predicted octanol–water partition coefficient (Wildman–Crippen LogP) is 5.01. The molecule has 0 unspecified atom stereocenters. The van der Waals surface area contributed by atoms with E-state index in [-0.39, 0.29) is 17.4 Å². The van der Waals surface area contributed by atoms with E-state index in [1.165, 1.54) is 17.4 Å². The molecule has 1 atom stereocenters. The van der Waals surface area contributed by atoms with Crippen LogP contribution in [0, 0.1) is 0 Å². The van der Waals surface area contributed by atoms with E-state index in [1.807, 2.05) is 4.90 Å². The Balaban J connectivity index is 1.21. The molecule has 9 heteroatoms. The number of nitrogens with one attached hydrogen (secondary N) is 1. The van der Waals surface area contributed by atoms with Crippen LogP contribution in [0.2, 0.25) is 0 Å². The number of piperidine rings is 1. The summed E-state index contributed by atoms with van der Waals surface area (Å²) in [5, 5.41) is 3.14. The van der Waals surface area contributed by atoms with Crippen molar-refractivity contribution >= 4 is 17.3 Å². The third-order valence-electron chi connectivity index (χ3n) is 7.32. The second-order valence-electron chi connectivity index (χ2n) is 11.2. The second-order valence-corrected chi connectivity index (χ2v) is 11.2. The van der Waals surface area contributed by atoms with Gasteiger partial charge in [0.2, 0.25) is 5.91 Å². The lowest BCUT2D eigenvalue weighted by Crippen LogP contribution is -2.49. The molecule has 3 heterocycles. The van der Waals surface area contributed by atoms with Crippen molar-refractivity contribution in [3.05, 3.63) is 53.9 Å². The van der Waals surface area contributed by atoms with E-state index in [4.69, 9.17) is 0 Å². The van der Waals surface area contributed by atoms with E-state index in [1.54, 1.807) is 0 Å². The van der Waals surface area contributed by atoms with Crippen molar-refractivity contribution in [3.8, 4) is 0 Å². The summed E-state index contributed by atoms with van der Waals surface area (Å²) in [4.78, 5) is 23.2. The fraction of sp³-hybridized carbons (Fsp3) is 0.571. The number of rotatable bonds is 6. The summed E-state index contributed by atoms with van der Waals surface area (Å²) in [6.45, 7) is 12.3. The zero-order valence-corrected chi connectivity index (χ0v) is 22.0. The number of hydrogen-bond donors (Lipinski definition) is 1. The molecule has 0 aliphatic carbocycles. The van der Waals surface area contributed by atoms with Crippen molar-refractivity contribution in [1.82, 2.24) is 14.8 Å². The van der Waals surface area contributed by atoms with Gasteiger partial charge in [-0.1, -0.05) is 32.9 Å². The molecule has 4 rings (SSSR count). The van der Waals surface area contributed by atoms with Crippen LogP contribution < -0.4 is 10.2 Å². The number of aromatic nitrogens is 1. The fourth-order valence-electron chi connectivity index (χ4n) is 5.04. The van der Waals surface area contributed by atoms with Gasteiger partial charge in [0.15, 0.2) is 0 Å². The largest absolute Gasteiger partial charge is 0.417 e. The van der Waals surface area contributed by atoms with Crippen LogP contribution in [0.4, 0.5) is 24.5 Å². The molecule has 0 bridgehead atoms. The molecule has 1 aromatic heterocycles. The Morgan fingerprint density at radius 1 is 1.00 bits per heavy atom. The van der Waals surface area contributed by atoms with Gasteiger partial charge in [0.1, 0.15) is 0 Å². The molecule has 2 aromatic rings. The fourth-order valence-corrected chi connectivity index (χ4v) is 5.04. The first-order valence-corrected chi connectivity index (χ1v) is 13.1. The molecule has 1 N–H and O–H groups in total. The lowest BCUT2D eigenvalue weighted by atomic mass is 9.87. The van der Waals surface area contributed by atoms with Crippen molar-refractivity contribution < 1.29 is 18.0 Å². The minimum absolute atomic E-state index is 0.0869. The van der Waals surface area contributed by atoms with E-state index in [2.05, 4.69) is 65.1 Å². The number of likely N-dealkylation sites (tertiary alicyclic amines) is 1. The highest BCUT2D eigenvalue weighted by Crippen LogP contribution is 2.30. The van der Waals surface area contributed by atoms with Gasteiger partial charge < -0.3 is 15.1 Å². The molecule has 6 nitrogen and oxygen atoms in total. The molecule has 1 amide bonds. The Labute approximate surface area is 217 Å². The maximum Gasteiger partial charge on any atom is 0.417 e. The summed E-state index contributed by atoms with van der Waals surface area (Å²) in [6, 6.07) is 9.82. The molecule has 2 fully saturated rings. The van der Waals surface area contributed by atoms with Crippen molar-refractivity contribution in [2.24, 2.45) is 0 Å². The first-order valence-electron chi connectivity index (χ1n) is 13.1. The van der Waals surface area contributed by atoms with Gasteiger partial charge in [-0.2, -0.15) is 13.2 Å². The molecule has 2 saturated heterocycles. The van der Waals surface area contributed by atoms with E-state index in [9.17, 15) is 18.0 Å². The van der Waals surface area contributed by atoms with Crippen molar-refractivity contribution in [2.75, 3.05) is 56.0 Å². The summed E-state index contributed by atoms with van der Waals surface area (Å²) in [5.74, 6) is 0.105. The number of halogens is 3. The van der Waals surface area contributed by atoms with Crippen LogP contribution in [0.1, 0.15) is 51.2 Å². The minimum Gasteiger partial charge on any atom is -0.379 e. The maximum atomic E-state index is 13.0. The first kappa shape index (κ1) is 27.2. The molecule has 202 valence electrons. The van der Waals surface area contributed by atoms with Gasteiger partial charge in [0.05, 0.1) is 11.3 Å². The van der Waals surface area contributed by atoms with Crippen LogP contribution in [0.5, 0.6) is 0 Å². The summed E-state index contributed by atoms with van der Waals surface area (Å²) < 4.78 is 39.0. The smallest absolute Gasteiger partial charge is 0.379 e. The van der Waals surface area contributed by atoms with E-state index in [0.29, 0.717) is 25.2 Å². The Hall–Kier alpha value is -2.81. The number of anilines is 2. The van der Waals surface area contributed by atoms with Gasteiger partial charge in [0, 0.05) is 76.4 Å². The number of alkyl halides is 3. The van der Waals surface area contributed by atoms with Crippen molar-refractivity contribution in [3.63, 3.8) is 0 Å². The average Bonchev–Trinajstić information content (AvgIpc) is 2.87. The number of nitrogens with zero attached hydrogens (tertiary/aromatic N) is 4. The number of carbonyl (C=O) groups is 1. The number of carbonyl (C=O) groups excluding carboxylic acids is 1. The van der Waals surface area contributed by atoms with Gasteiger partial charge in [-0.05, 0) is 42.0 Å². The Kier molecular flexibility index (Phi) is 8.31. The third-order valence-corrected chi connectivity index (χ3v) is 7.32. The zero-order chi connectivity index (χ0) is 26.6. The van der Waals surface area contributed by atoms with Gasteiger partial charge in [-0.3, -0.25) is 14.7 Å². The summed E-state index contributed by atoms with van der Waals surface area (Å²) in [5.41, 5.74) is 2.27. The topological polar surface area (TPSA) is 51.7 Å². The number of piperazine rings is 1. The first-order chi connectivity index (χ1) is 17.5. The minimum atomic E-state index is -4.43. The van der Waals surface area contributed by atoms with Gasteiger partial charge >= 0.3 is 6.18 Å². The van der Waals surface area contributed by atoms with E-state index >= 15 is 0 Å². The Morgan fingerprint density at radius 3 is 2.35 bits per heavy atom. The molecular weight excluding hydrogens is 479 g/mol. The zero-order valence-electron chi connectivity index (χ0n) is 22.0. The number of pyridine rings is 1. The van der Waals surface area contributed by atoms with Gasteiger partial charge in [-0.15, -0.1) is 0 Å². The van der Waals surface area contributed by atoms with Crippen LogP contribution in [0.25, 0.3) is 0 Å². The standard InChI is InChI=1S/C28H38F3N5O/c1-27(2,3)21-6-8-25(9-7-21)35-15-13-34(14-16-35)12-10-26(37)36-11-4-5-23(20-36)33-24-17-22(18-32-19-24)28(29,30)31/h6-9,17-19,23,33H,4-5,10-16,20H2,1-3H3/t23-/m0/s1. The predicted molar refractivity (Wildman–Crippen MR) is 141 cm³/mol. The molecule has 0 saturated carbocycles. The third kappa shape index (κ3) is 7.37. The van der Waals surface area contributed by atoms with E-state index < -0.39 is 11.7 Å². The number of benzene rings is 1. The second kappa shape index (κ2) is 11.3. The molecular formula is C28H38F3N5O. The lowest BCUT2D eigenvalue weighted by Gasteiger charge is -2.37. The van der Waals surface area contributed by atoms with Gasteiger partial charge in [-0.25, -0.2) is 0 Å². The van der Waals surface area contributed by atoms with Crippen LogP contribution in [0.3, 0.4) is 0 Å². The summed E-state index contributed by atoms with van der Waals surface area (Å²) >= 11 is 0. The summed E-state index contributed by atoms with van der Waals surface area (Å²) in [6.07, 6.45) is -0.125. The molecule has 2 aliphatic heterocycles. The molecule has 37 heavy (non-hydrogen) atoms. The maximum absolute atomic E-state index is 13.0. The number of hydrogen-bond acceptors (Lipinski definition) is 5.